The smallest absolute Gasteiger partial charge is 0.251 e. The zero-order valence-electron chi connectivity index (χ0n) is 21.3. The first kappa shape index (κ1) is 27.7. The van der Waals surface area contributed by atoms with E-state index in [0.29, 0.717) is 15.8 Å². The summed E-state index contributed by atoms with van der Waals surface area (Å²) in [4.78, 5) is 41.4. The molecule has 1 aromatic heterocycles. The maximum atomic E-state index is 12.8. The molecule has 1 heterocycles. The van der Waals surface area contributed by atoms with Gasteiger partial charge in [0.25, 0.3) is 5.91 Å². The Labute approximate surface area is 224 Å². The summed E-state index contributed by atoms with van der Waals surface area (Å²) >= 11 is 1.10. The zero-order chi connectivity index (χ0) is 27.7. The number of fused-ring (bicyclic) bond motifs is 1. The third-order valence-electron chi connectivity index (χ3n) is 5.82. The average Bonchev–Trinajstić information content (AvgIpc) is 3.55. The van der Waals surface area contributed by atoms with E-state index < -0.39 is 26.6 Å². The predicted octanol–water partition coefficient (Wildman–Crippen LogP) is 1.94. The van der Waals surface area contributed by atoms with Crippen LogP contribution in [-0.2, 0) is 19.4 Å². The monoisotopic (exact) mass is 558 g/mol. The third kappa shape index (κ3) is 7.15. The molecule has 12 heteroatoms. The first-order chi connectivity index (χ1) is 17.8. The van der Waals surface area contributed by atoms with Crippen molar-refractivity contribution < 1.29 is 27.9 Å². The summed E-state index contributed by atoms with van der Waals surface area (Å²) in [6.45, 7) is 3.03. The van der Waals surface area contributed by atoms with E-state index in [2.05, 4.69) is 20.9 Å². The molecule has 4 N–H and O–H groups in total. The number of benzene rings is 2. The Balaban J connectivity index is 1.51. The molecule has 0 spiro atoms. The second-order valence-electron chi connectivity index (χ2n) is 10.1. The fourth-order valence-corrected chi connectivity index (χ4v) is 6.25. The standard InChI is InChI=1S/C26H30N4O6S2/c1-26(2,34)14-28-23(32)16-6-4-15(5-7-16)17-8-11-19-20(12-17)37-25(30-19)22(38(3,35)36)24(33)27-13-21(31)29-18-9-10-18/h4-8,11-12,18,22,34H,9-10,13-14H2,1-3H3,(H,27,33)(H,28,32)(H,29,31). The van der Waals surface area contributed by atoms with Gasteiger partial charge in [-0.05, 0) is 62.1 Å². The van der Waals surface area contributed by atoms with E-state index in [0.717, 1.165) is 41.6 Å². The average molecular weight is 559 g/mol. The molecule has 0 radical (unpaired) electrons. The van der Waals surface area contributed by atoms with Crippen molar-refractivity contribution in [1.29, 1.82) is 0 Å². The van der Waals surface area contributed by atoms with E-state index in [1.54, 1.807) is 44.2 Å². The molecule has 0 saturated heterocycles. The molecule has 1 aliphatic rings. The van der Waals surface area contributed by atoms with Crippen molar-refractivity contribution in [3.8, 4) is 11.1 Å². The molecule has 2 aromatic carbocycles. The lowest BCUT2D eigenvalue weighted by Crippen LogP contribution is -2.41. The Morgan fingerprint density at radius 1 is 1.08 bits per heavy atom. The van der Waals surface area contributed by atoms with E-state index in [9.17, 15) is 27.9 Å². The lowest BCUT2D eigenvalue weighted by atomic mass is 10.0. The van der Waals surface area contributed by atoms with Gasteiger partial charge in [0, 0.05) is 24.4 Å². The van der Waals surface area contributed by atoms with Gasteiger partial charge in [0.05, 0.1) is 22.4 Å². The molecule has 38 heavy (non-hydrogen) atoms. The first-order valence-corrected chi connectivity index (χ1v) is 14.8. The molecule has 202 valence electrons. The van der Waals surface area contributed by atoms with Crippen LogP contribution in [0, 0.1) is 0 Å². The molecule has 3 amide bonds. The lowest BCUT2D eigenvalue weighted by Gasteiger charge is -2.17. The summed E-state index contributed by atoms with van der Waals surface area (Å²) in [7, 11) is -3.86. The number of aliphatic hydroxyl groups is 1. The summed E-state index contributed by atoms with van der Waals surface area (Å²) in [5.74, 6) is -1.45. The summed E-state index contributed by atoms with van der Waals surface area (Å²) in [6.07, 6.45) is 2.78. The Morgan fingerprint density at radius 3 is 2.34 bits per heavy atom. The van der Waals surface area contributed by atoms with Crippen LogP contribution in [-0.4, -0.2) is 67.2 Å². The van der Waals surface area contributed by atoms with Crippen molar-refractivity contribution in [1.82, 2.24) is 20.9 Å². The van der Waals surface area contributed by atoms with E-state index >= 15 is 0 Å². The van der Waals surface area contributed by atoms with Crippen molar-refractivity contribution >= 4 is 49.1 Å². The number of amides is 3. The summed E-state index contributed by atoms with van der Waals surface area (Å²) in [5, 5.41) is 16.2. The molecular weight excluding hydrogens is 528 g/mol. The Kier molecular flexibility index (Phi) is 7.86. The highest BCUT2D eigenvalue weighted by Gasteiger charge is 2.34. The molecule has 1 atom stereocenters. The van der Waals surface area contributed by atoms with Crippen molar-refractivity contribution in [3.63, 3.8) is 0 Å². The van der Waals surface area contributed by atoms with Crippen LogP contribution in [0.1, 0.15) is 47.3 Å². The van der Waals surface area contributed by atoms with Crippen LogP contribution in [0.4, 0.5) is 0 Å². The first-order valence-electron chi connectivity index (χ1n) is 12.1. The van der Waals surface area contributed by atoms with Gasteiger partial charge in [-0.25, -0.2) is 13.4 Å². The van der Waals surface area contributed by atoms with Crippen LogP contribution in [0.2, 0.25) is 0 Å². The van der Waals surface area contributed by atoms with Crippen LogP contribution in [0.3, 0.4) is 0 Å². The number of thiazole rings is 1. The molecule has 0 aliphatic heterocycles. The minimum Gasteiger partial charge on any atom is -0.389 e. The van der Waals surface area contributed by atoms with Gasteiger partial charge in [-0.1, -0.05) is 18.2 Å². The number of carbonyl (C=O) groups excluding carboxylic acids is 3. The van der Waals surface area contributed by atoms with Crippen LogP contribution in [0.25, 0.3) is 21.3 Å². The maximum Gasteiger partial charge on any atom is 0.251 e. The lowest BCUT2D eigenvalue weighted by molar-refractivity contribution is -0.126. The number of sulfone groups is 1. The van der Waals surface area contributed by atoms with Crippen molar-refractivity contribution in [2.45, 2.75) is 43.6 Å². The van der Waals surface area contributed by atoms with Gasteiger partial charge >= 0.3 is 0 Å². The summed E-state index contributed by atoms with van der Waals surface area (Å²) < 4.78 is 25.7. The number of nitrogens with one attached hydrogen (secondary N) is 3. The fourth-order valence-electron chi connectivity index (χ4n) is 3.70. The number of nitrogens with zero attached hydrogens (tertiary/aromatic N) is 1. The van der Waals surface area contributed by atoms with Gasteiger partial charge in [0.2, 0.25) is 11.8 Å². The largest absolute Gasteiger partial charge is 0.389 e. The molecule has 4 rings (SSSR count). The third-order valence-corrected chi connectivity index (χ3v) is 8.35. The Bertz CT molecular complexity index is 1470. The van der Waals surface area contributed by atoms with Gasteiger partial charge in [0.1, 0.15) is 5.01 Å². The van der Waals surface area contributed by atoms with E-state index in [1.165, 1.54) is 0 Å². The molecule has 3 aromatic rings. The predicted molar refractivity (Wildman–Crippen MR) is 145 cm³/mol. The minimum atomic E-state index is -3.86. The van der Waals surface area contributed by atoms with Gasteiger partial charge in [-0.2, -0.15) is 0 Å². The molecule has 1 fully saturated rings. The Morgan fingerprint density at radius 2 is 1.74 bits per heavy atom. The number of hydrogen-bond donors (Lipinski definition) is 4. The van der Waals surface area contributed by atoms with E-state index in [-0.39, 0.29) is 36.0 Å². The van der Waals surface area contributed by atoms with Crippen LogP contribution in [0.5, 0.6) is 0 Å². The molecular formula is C26H30N4O6S2. The molecule has 0 bridgehead atoms. The summed E-state index contributed by atoms with van der Waals surface area (Å²) in [5.41, 5.74) is 1.64. The fraction of sp³-hybridized carbons (Fsp3) is 0.385. The van der Waals surface area contributed by atoms with Crippen LogP contribution >= 0.6 is 11.3 Å². The van der Waals surface area contributed by atoms with Gasteiger partial charge in [-0.3, -0.25) is 14.4 Å². The summed E-state index contributed by atoms with van der Waals surface area (Å²) in [6, 6.07) is 12.5. The van der Waals surface area contributed by atoms with Gasteiger partial charge in [0.15, 0.2) is 15.1 Å². The molecule has 1 aliphatic carbocycles. The van der Waals surface area contributed by atoms with Gasteiger partial charge < -0.3 is 21.1 Å². The zero-order valence-corrected chi connectivity index (χ0v) is 22.9. The highest BCUT2D eigenvalue weighted by molar-refractivity contribution is 7.91. The quantitative estimate of drug-likeness (QED) is 0.296. The SMILES string of the molecule is CC(C)(O)CNC(=O)c1ccc(-c2ccc3nc(C(C(=O)NCC(=O)NC4CC4)S(C)(=O)=O)sc3c2)cc1. The molecule has 1 saturated carbocycles. The number of carbonyl (C=O) groups is 3. The van der Waals surface area contributed by atoms with Crippen LogP contribution < -0.4 is 16.0 Å². The maximum absolute atomic E-state index is 12.8. The second-order valence-corrected chi connectivity index (χ2v) is 13.3. The van der Waals surface area contributed by atoms with Crippen LogP contribution in [0.15, 0.2) is 42.5 Å². The number of hydrogen-bond acceptors (Lipinski definition) is 8. The Hall–Kier alpha value is -3.35. The normalized spacial score (nSPS) is 14.6. The minimum absolute atomic E-state index is 0.123. The van der Waals surface area contributed by atoms with Crippen molar-refractivity contribution in [3.05, 3.63) is 53.0 Å². The van der Waals surface area contributed by atoms with E-state index in [1.807, 2.05) is 12.1 Å². The second kappa shape index (κ2) is 10.8. The topological polar surface area (TPSA) is 155 Å². The highest BCUT2D eigenvalue weighted by atomic mass is 32.2. The van der Waals surface area contributed by atoms with Gasteiger partial charge in [-0.15, -0.1) is 11.3 Å². The molecule has 10 nitrogen and oxygen atoms in total. The number of aromatic nitrogens is 1. The highest BCUT2D eigenvalue weighted by Crippen LogP contribution is 2.33. The van der Waals surface area contributed by atoms with Crippen molar-refractivity contribution in [2.24, 2.45) is 0 Å². The molecule has 1 unspecified atom stereocenters. The number of rotatable bonds is 10. The van der Waals surface area contributed by atoms with E-state index in [4.69, 9.17) is 0 Å². The van der Waals surface area contributed by atoms with Crippen molar-refractivity contribution in [2.75, 3.05) is 19.3 Å².